The molecule has 0 aromatic rings. The first-order valence-electron chi connectivity index (χ1n) is 5.94. The van der Waals surface area contributed by atoms with Crippen molar-refractivity contribution in [2.24, 2.45) is 17.3 Å². The number of ketones is 1. The third-order valence-corrected chi connectivity index (χ3v) is 4.43. The molecule has 0 bridgehead atoms. The van der Waals surface area contributed by atoms with Gasteiger partial charge in [-0.25, -0.2) is 0 Å². The second kappa shape index (κ2) is 3.62. The van der Waals surface area contributed by atoms with Gasteiger partial charge in [0.25, 0.3) is 0 Å². The molecule has 1 nitrogen and oxygen atoms in total. The molecule has 1 fully saturated rings. The summed E-state index contributed by atoms with van der Waals surface area (Å²) >= 11 is 0. The molecule has 1 saturated carbocycles. The van der Waals surface area contributed by atoms with Crippen molar-refractivity contribution < 1.29 is 4.79 Å². The summed E-state index contributed by atoms with van der Waals surface area (Å²) in [5.74, 6) is 1.58. The van der Waals surface area contributed by atoms with Crippen LogP contribution in [0.25, 0.3) is 0 Å². The standard InChI is InChI=1S/C14H20O/c1-10(2)13-5-4-11(3)14(13)8-6-12(15)7-9-14/h6,8,11,13H,1,4-5,7,9H2,2-3H3/t11-,13+,14-/m1/s1. The smallest absolute Gasteiger partial charge is 0.155 e. The van der Waals surface area contributed by atoms with Gasteiger partial charge in [-0.05, 0) is 49.5 Å². The molecule has 1 heteroatoms. The van der Waals surface area contributed by atoms with Gasteiger partial charge in [-0.3, -0.25) is 4.79 Å². The van der Waals surface area contributed by atoms with Crippen molar-refractivity contribution in [2.45, 2.75) is 39.5 Å². The molecule has 2 aliphatic rings. The van der Waals surface area contributed by atoms with Crippen LogP contribution in [-0.4, -0.2) is 5.78 Å². The maximum absolute atomic E-state index is 11.3. The summed E-state index contributed by atoms with van der Waals surface area (Å²) in [6.45, 7) is 8.58. The molecule has 0 aromatic heterocycles. The van der Waals surface area contributed by atoms with Crippen LogP contribution in [0.3, 0.4) is 0 Å². The van der Waals surface area contributed by atoms with Crippen LogP contribution in [0.1, 0.15) is 39.5 Å². The number of allylic oxidation sites excluding steroid dienone is 3. The van der Waals surface area contributed by atoms with Crippen LogP contribution in [0, 0.1) is 17.3 Å². The number of carbonyl (C=O) groups is 1. The average Bonchev–Trinajstić information content (AvgIpc) is 2.50. The van der Waals surface area contributed by atoms with Gasteiger partial charge in [-0.1, -0.05) is 25.2 Å². The molecular formula is C14H20O. The van der Waals surface area contributed by atoms with E-state index in [4.69, 9.17) is 0 Å². The maximum atomic E-state index is 11.3. The zero-order valence-electron chi connectivity index (χ0n) is 9.75. The summed E-state index contributed by atoms with van der Waals surface area (Å²) in [5.41, 5.74) is 1.54. The lowest BCUT2D eigenvalue weighted by Crippen LogP contribution is -2.32. The lowest BCUT2D eigenvalue weighted by Gasteiger charge is -2.39. The predicted molar refractivity (Wildman–Crippen MR) is 62.5 cm³/mol. The first kappa shape index (κ1) is 10.7. The number of hydrogen-bond acceptors (Lipinski definition) is 1. The Kier molecular flexibility index (Phi) is 2.57. The third-order valence-electron chi connectivity index (χ3n) is 4.43. The Labute approximate surface area is 92.3 Å². The summed E-state index contributed by atoms with van der Waals surface area (Å²) < 4.78 is 0. The van der Waals surface area contributed by atoms with E-state index in [1.807, 2.05) is 0 Å². The van der Waals surface area contributed by atoms with Gasteiger partial charge in [-0.2, -0.15) is 0 Å². The lowest BCUT2D eigenvalue weighted by molar-refractivity contribution is -0.115. The van der Waals surface area contributed by atoms with Crippen molar-refractivity contribution >= 4 is 5.78 Å². The molecule has 0 unspecified atom stereocenters. The molecule has 1 spiro atoms. The van der Waals surface area contributed by atoms with Crippen molar-refractivity contribution in [1.29, 1.82) is 0 Å². The molecule has 0 heterocycles. The van der Waals surface area contributed by atoms with Gasteiger partial charge >= 0.3 is 0 Å². The van der Waals surface area contributed by atoms with Crippen LogP contribution in [-0.2, 0) is 4.79 Å². The summed E-state index contributed by atoms with van der Waals surface area (Å²) in [6, 6.07) is 0. The van der Waals surface area contributed by atoms with Gasteiger partial charge in [-0.15, -0.1) is 0 Å². The summed E-state index contributed by atoms with van der Waals surface area (Å²) in [5, 5.41) is 0. The van der Waals surface area contributed by atoms with Crippen LogP contribution < -0.4 is 0 Å². The minimum absolute atomic E-state index is 0.250. The molecule has 3 atom stereocenters. The minimum atomic E-state index is 0.250. The van der Waals surface area contributed by atoms with E-state index in [0.29, 0.717) is 17.6 Å². The first-order chi connectivity index (χ1) is 7.06. The van der Waals surface area contributed by atoms with Gasteiger partial charge in [0, 0.05) is 6.42 Å². The molecule has 0 aliphatic heterocycles. The Morgan fingerprint density at radius 2 is 2.27 bits per heavy atom. The molecule has 2 aliphatic carbocycles. The van der Waals surface area contributed by atoms with Gasteiger partial charge in [0.1, 0.15) is 0 Å². The Morgan fingerprint density at radius 1 is 1.53 bits per heavy atom. The maximum Gasteiger partial charge on any atom is 0.155 e. The molecule has 0 N–H and O–H groups in total. The van der Waals surface area contributed by atoms with Crippen LogP contribution in [0.4, 0.5) is 0 Å². The normalized spacial score (nSPS) is 40.0. The zero-order valence-corrected chi connectivity index (χ0v) is 9.75. The molecule has 82 valence electrons. The van der Waals surface area contributed by atoms with Crippen molar-refractivity contribution in [1.82, 2.24) is 0 Å². The SMILES string of the molecule is C=C(C)[C@@H]1CC[C@@H](C)[C@]12C=CC(=O)CC2. The first-order valence-corrected chi connectivity index (χ1v) is 5.94. The van der Waals surface area contributed by atoms with Crippen LogP contribution in [0.5, 0.6) is 0 Å². The summed E-state index contributed by atoms with van der Waals surface area (Å²) in [6.07, 6.45) is 8.27. The lowest BCUT2D eigenvalue weighted by atomic mass is 9.65. The second-order valence-electron chi connectivity index (χ2n) is 5.29. The molecule has 0 amide bonds. The molecule has 15 heavy (non-hydrogen) atoms. The second-order valence-corrected chi connectivity index (χ2v) is 5.29. The highest BCUT2D eigenvalue weighted by molar-refractivity contribution is 5.90. The van der Waals surface area contributed by atoms with E-state index in [1.165, 1.54) is 18.4 Å². The fraction of sp³-hybridized carbons (Fsp3) is 0.643. The van der Waals surface area contributed by atoms with Crippen molar-refractivity contribution in [3.8, 4) is 0 Å². The Balaban J connectivity index is 2.34. The highest BCUT2D eigenvalue weighted by atomic mass is 16.1. The van der Waals surface area contributed by atoms with Gasteiger partial charge < -0.3 is 0 Å². The van der Waals surface area contributed by atoms with E-state index in [2.05, 4.69) is 26.5 Å². The number of rotatable bonds is 1. The largest absolute Gasteiger partial charge is 0.295 e. The van der Waals surface area contributed by atoms with Crippen molar-refractivity contribution in [3.05, 3.63) is 24.3 Å². The Bertz CT molecular complexity index is 326. The fourth-order valence-electron chi connectivity index (χ4n) is 3.46. The molecular weight excluding hydrogens is 184 g/mol. The number of carbonyl (C=O) groups excluding carboxylic acids is 1. The van der Waals surface area contributed by atoms with E-state index in [0.717, 1.165) is 12.8 Å². The predicted octanol–water partition coefficient (Wildman–Crippen LogP) is 3.51. The van der Waals surface area contributed by atoms with Crippen LogP contribution >= 0.6 is 0 Å². The quantitative estimate of drug-likeness (QED) is 0.597. The zero-order chi connectivity index (χ0) is 11.1. The van der Waals surface area contributed by atoms with E-state index >= 15 is 0 Å². The molecule has 0 radical (unpaired) electrons. The highest BCUT2D eigenvalue weighted by Gasteiger charge is 2.47. The van der Waals surface area contributed by atoms with Gasteiger partial charge in [0.15, 0.2) is 5.78 Å². The number of hydrogen-bond donors (Lipinski definition) is 0. The van der Waals surface area contributed by atoms with E-state index in [9.17, 15) is 4.79 Å². The topological polar surface area (TPSA) is 17.1 Å². The third kappa shape index (κ3) is 1.58. The van der Waals surface area contributed by atoms with Crippen LogP contribution in [0.15, 0.2) is 24.3 Å². The monoisotopic (exact) mass is 204 g/mol. The van der Waals surface area contributed by atoms with Gasteiger partial charge in [0.05, 0.1) is 0 Å². The molecule has 0 aromatic carbocycles. The van der Waals surface area contributed by atoms with Crippen LogP contribution in [0.2, 0.25) is 0 Å². The minimum Gasteiger partial charge on any atom is -0.295 e. The summed E-state index contributed by atoms with van der Waals surface area (Å²) in [7, 11) is 0. The molecule has 0 saturated heterocycles. The fourth-order valence-corrected chi connectivity index (χ4v) is 3.46. The van der Waals surface area contributed by atoms with E-state index in [-0.39, 0.29) is 5.41 Å². The van der Waals surface area contributed by atoms with Gasteiger partial charge in [0.2, 0.25) is 0 Å². The van der Waals surface area contributed by atoms with E-state index < -0.39 is 0 Å². The summed E-state index contributed by atoms with van der Waals surface area (Å²) in [4.78, 5) is 11.3. The Morgan fingerprint density at radius 3 is 2.80 bits per heavy atom. The average molecular weight is 204 g/mol. The Hall–Kier alpha value is -0.850. The highest BCUT2D eigenvalue weighted by Crippen LogP contribution is 2.55. The van der Waals surface area contributed by atoms with E-state index in [1.54, 1.807) is 6.08 Å². The van der Waals surface area contributed by atoms with Crippen molar-refractivity contribution in [2.75, 3.05) is 0 Å². The van der Waals surface area contributed by atoms with Crippen molar-refractivity contribution in [3.63, 3.8) is 0 Å². The molecule has 2 rings (SSSR count).